The van der Waals surface area contributed by atoms with Crippen molar-refractivity contribution < 1.29 is 14.0 Å². The number of hydrogen-bond donors (Lipinski definition) is 2. The highest BCUT2D eigenvalue weighted by molar-refractivity contribution is 5.94. The van der Waals surface area contributed by atoms with Crippen LogP contribution in [0.5, 0.6) is 0 Å². The molecule has 1 fully saturated rings. The van der Waals surface area contributed by atoms with Gasteiger partial charge >= 0.3 is 0 Å². The lowest BCUT2D eigenvalue weighted by atomic mass is 10.1. The van der Waals surface area contributed by atoms with Crippen molar-refractivity contribution in [2.75, 3.05) is 50.0 Å². The third kappa shape index (κ3) is 6.57. The minimum atomic E-state index is -0.300. The molecule has 2 aromatic carbocycles. The molecular formula is C22H27FN4O2. The minimum Gasteiger partial charge on any atom is -0.369 e. The van der Waals surface area contributed by atoms with Crippen LogP contribution < -0.4 is 15.5 Å². The topological polar surface area (TPSA) is 64.7 Å². The van der Waals surface area contributed by atoms with Crippen LogP contribution in [0.1, 0.15) is 12.0 Å². The Kier molecular flexibility index (Phi) is 7.19. The standard InChI is InChI=1S/C22H27FN4O2/c1-26-12-14-27(15-13-26)20-9-7-19(8-10-20)25-22(29)16-24-21(28)11-4-17-2-5-18(23)6-3-17/h2-3,5-10H,4,11-16H2,1H3,(H,24,28)(H,25,29). The molecule has 2 aromatic rings. The molecule has 1 saturated heterocycles. The van der Waals surface area contributed by atoms with Crippen LogP contribution in [0.3, 0.4) is 0 Å². The molecule has 1 heterocycles. The first-order chi connectivity index (χ1) is 14.0. The Labute approximate surface area is 170 Å². The lowest BCUT2D eigenvalue weighted by Crippen LogP contribution is -2.44. The average molecular weight is 398 g/mol. The van der Waals surface area contributed by atoms with E-state index in [0.29, 0.717) is 12.1 Å². The molecule has 6 nitrogen and oxygen atoms in total. The summed E-state index contributed by atoms with van der Waals surface area (Å²) in [5.74, 6) is -0.784. The van der Waals surface area contributed by atoms with Gasteiger partial charge in [0.2, 0.25) is 11.8 Å². The molecule has 0 unspecified atom stereocenters. The van der Waals surface area contributed by atoms with Gasteiger partial charge in [0.1, 0.15) is 5.82 Å². The lowest BCUT2D eigenvalue weighted by molar-refractivity contribution is -0.124. The second kappa shape index (κ2) is 10.0. The van der Waals surface area contributed by atoms with Gasteiger partial charge in [0, 0.05) is 44.0 Å². The van der Waals surface area contributed by atoms with Crippen molar-refractivity contribution >= 4 is 23.2 Å². The maximum Gasteiger partial charge on any atom is 0.243 e. The van der Waals surface area contributed by atoms with Gasteiger partial charge in [-0.3, -0.25) is 9.59 Å². The van der Waals surface area contributed by atoms with Gasteiger partial charge in [0.25, 0.3) is 0 Å². The number of aryl methyl sites for hydroxylation is 1. The largest absolute Gasteiger partial charge is 0.369 e. The van der Waals surface area contributed by atoms with Crippen LogP contribution in [0.25, 0.3) is 0 Å². The van der Waals surface area contributed by atoms with Gasteiger partial charge in [-0.1, -0.05) is 12.1 Å². The highest BCUT2D eigenvalue weighted by Gasteiger charge is 2.14. The molecule has 2 amide bonds. The van der Waals surface area contributed by atoms with Crippen LogP contribution in [0, 0.1) is 5.82 Å². The van der Waals surface area contributed by atoms with E-state index in [1.54, 1.807) is 12.1 Å². The Morgan fingerprint density at radius 1 is 0.931 bits per heavy atom. The molecule has 1 aliphatic rings. The number of benzene rings is 2. The van der Waals surface area contributed by atoms with E-state index >= 15 is 0 Å². The minimum absolute atomic E-state index is 0.0809. The second-order valence-corrected chi connectivity index (χ2v) is 7.29. The lowest BCUT2D eigenvalue weighted by Gasteiger charge is -2.34. The Balaban J connectivity index is 1.38. The smallest absolute Gasteiger partial charge is 0.243 e. The Hall–Kier alpha value is -2.93. The first kappa shape index (κ1) is 20.8. The fraction of sp³-hybridized carbons (Fsp3) is 0.364. The van der Waals surface area contributed by atoms with Gasteiger partial charge in [-0.25, -0.2) is 4.39 Å². The maximum absolute atomic E-state index is 12.9. The number of nitrogens with zero attached hydrogens (tertiary/aromatic N) is 2. The number of piperazine rings is 1. The van der Waals surface area contributed by atoms with E-state index in [-0.39, 0.29) is 30.6 Å². The fourth-order valence-electron chi connectivity index (χ4n) is 3.20. The number of carbonyl (C=O) groups is 2. The number of rotatable bonds is 7. The molecular weight excluding hydrogens is 371 g/mol. The number of amides is 2. The number of anilines is 2. The van der Waals surface area contributed by atoms with E-state index in [0.717, 1.165) is 37.4 Å². The fourth-order valence-corrected chi connectivity index (χ4v) is 3.20. The normalized spacial score (nSPS) is 14.5. The monoisotopic (exact) mass is 398 g/mol. The zero-order valence-corrected chi connectivity index (χ0v) is 16.7. The zero-order chi connectivity index (χ0) is 20.6. The zero-order valence-electron chi connectivity index (χ0n) is 16.7. The highest BCUT2D eigenvalue weighted by Crippen LogP contribution is 2.19. The average Bonchev–Trinajstić information content (AvgIpc) is 2.73. The molecule has 2 N–H and O–H groups in total. The molecule has 29 heavy (non-hydrogen) atoms. The van der Waals surface area contributed by atoms with Crippen molar-refractivity contribution in [3.05, 3.63) is 59.9 Å². The number of halogens is 1. The third-order valence-corrected chi connectivity index (χ3v) is 5.02. The van der Waals surface area contributed by atoms with Gasteiger partial charge in [-0.05, 0) is 55.4 Å². The summed E-state index contributed by atoms with van der Waals surface area (Å²) in [4.78, 5) is 28.6. The molecule has 0 saturated carbocycles. The van der Waals surface area contributed by atoms with Crippen molar-refractivity contribution in [2.24, 2.45) is 0 Å². The summed E-state index contributed by atoms with van der Waals surface area (Å²) in [6, 6.07) is 13.8. The summed E-state index contributed by atoms with van der Waals surface area (Å²) in [7, 11) is 2.12. The summed E-state index contributed by atoms with van der Waals surface area (Å²) in [6.45, 7) is 3.99. The Morgan fingerprint density at radius 2 is 1.59 bits per heavy atom. The molecule has 7 heteroatoms. The van der Waals surface area contributed by atoms with E-state index in [1.165, 1.54) is 12.1 Å². The number of likely N-dealkylation sites (N-methyl/N-ethyl adjacent to an activating group) is 1. The number of carbonyl (C=O) groups excluding carboxylic acids is 2. The van der Waals surface area contributed by atoms with Gasteiger partial charge in [-0.15, -0.1) is 0 Å². The number of nitrogens with one attached hydrogen (secondary N) is 2. The van der Waals surface area contributed by atoms with Crippen LogP contribution in [-0.4, -0.2) is 56.5 Å². The van der Waals surface area contributed by atoms with Crippen molar-refractivity contribution in [1.29, 1.82) is 0 Å². The summed E-state index contributed by atoms with van der Waals surface area (Å²) in [5, 5.41) is 5.41. The summed E-state index contributed by atoms with van der Waals surface area (Å²) >= 11 is 0. The third-order valence-electron chi connectivity index (χ3n) is 5.02. The second-order valence-electron chi connectivity index (χ2n) is 7.29. The SMILES string of the molecule is CN1CCN(c2ccc(NC(=O)CNC(=O)CCc3ccc(F)cc3)cc2)CC1. The molecule has 0 aromatic heterocycles. The van der Waals surface area contributed by atoms with Crippen molar-refractivity contribution in [1.82, 2.24) is 10.2 Å². The summed E-state index contributed by atoms with van der Waals surface area (Å²) in [5.41, 5.74) is 2.73. The van der Waals surface area contributed by atoms with Crippen molar-refractivity contribution in [2.45, 2.75) is 12.8 Å². The molecule has 0 atom stereocenters. The van der Waals surface area contributed by atoms with Crippen LogP contribution in [-0.2, 0) is 16.0 Å². The van der Waals surface area contributed by atoms with Crippen molar-refractivity contribution in [3.8, 4) is 0 Å². The predicted molar refractivity (Wildman–Crippen MR) is 113 cm³/mol. The van der Waals surface area contributed by atoms with Crippen molar-refractivity contribution in [3.63, 3.8) is 0 Å². The molecule has 154 valence electrons. The Morgan fingerprint density at radius 3 is 2.24 bits per heavy atom. The van der Waals surface area contributed by atoms with Crippen LogP contribution in [0.2, 0.25) is 0 Å². The van der Waals surface area contributed by atoms with E-state index in [1.807, 2.05) is 24.3 Å². The molecule has 0 aliphatic carbocycles. The van der Waals surface area contributed by atoms with Gasteiger partial charge in [0.15, 0.2) is 0 Å². The predicted octanol–water partition coefficient (Wildman–Crippen LogP) is 2.26. The van der Waals surface area contributed by atoms with Gasteiger partial charge in [-0.2, -0.15) is 0 Å². The van der Waals surface area contributed by atoms with Crippen LogP contribution >= 0.6 is 0 Å². The quantitative estimate of drug-likeness (QED) is 0.751. The van der Waals surface area contributed by atoms with E-state index in [2.05, 4.69) is 27.5 Å². The summed E-state index contributed by atoms with van der Waals surface area (Å²) < 4.78 is 12.9. The first-order valence-electron chi connectivity index (χ1n) is 9.84. The van der Waals surface area contributed by atoms with E-state index in [4.69, 9.17) is 0 Å². The molecule has 0 spiro atoms. The summed E-state index contributed by atoms with van der Waals surface area (Å²) in [6.07, 6.45) is 0.750. The first-order valence-corrected chi connectivity index (χ1v) is 9.84. The van der Waals surface area contributed by atoms with Crippen LogP contribution in [0.4, 0.5) is 15.8 Å². The van der Waals surface area contributed by atoms with Gasteiger partial charge in [0.05, 0.1) is 6.54 Å². The maximum atomic E-state index is 12.9. The van der Waals surface area contributed by atoms with E-state index in [9.17, 15) is 14.0 Å². The molecule has 0 bridgehead atoms. The highest BCUT2D eigenvalue weighted by atomic mass is 19.1. The van der Waals surface area contributed by atoms with Gasteiger partial charge < -0.3 is 20.4 Å². The molecule has 3 rings (SSSR count). The van der Waals surface area contributed by atoms with Crippen LogP contribution in [0.15, 0.2) is 48.5 Å². The van der Waals surface area contributed by atoms with E-state index < -0.39 is 0 Å². The molecule has 0 radical (unpaired) electrons. The molecule has 1 aliphatic heterocycles. The number of hydrogen-bond acceptors (Lipinski definition) is 4. The Bertz CT molecular complexity index is 816.